The number of hydrogen-bond acceptors (Lipinski definition) is 2. The Bertz CT molecular complexity index is 496. The van der Waals surface area contributed by atoms with Crippen LogP contribution in [0.1, 0.15) is 5.56 Å². The summed E-state index contributed by atoms with van der Waals surface area (Å²) in [5.41, 5.74) is 2.43. The molecule has 0 aliphatic heterocycles. The third-order valence-corrected chi connectivity index (χ3v) is 3.45. The number of rotatable bonds is 5. The fraction of sp³-hybridized carbons (Fsp3) is 0.200. The van der Waals surface area contributed by atoms with Crippen molar-refractivity contribution >= 4 is 21.6 Å². The lowest BCUT2D eigenvalue weighted by Crippen LogP contribution is -2.05. The average molecular weight is 306 g/mol. The Morgan fingerprint density at radius 2 is 1.78 bits per heavy atom. The first-order valence-corrected chi connectivity index (χ1v) is 6.70. The highest BCUT2D eigenvalue weighted by Crippen LogP contribution is 2.21. The van der Waals surface area contributed by atoms with Crippen LogP contribution >= 0.6 is 15.9 Å². The smallest absolute Gasteiger partial charge is 0.118 e. The summed E-state index contributed by atoms with van der Waals surface area (Å²) in [6.45, 7) is 0.912. The molecule has 0 radical (unpaired) electrons. The van der Waals surface area contributed by atoms with E-state index < -0.39 is 0 Å². The number of benzene rings is 2. The zero-order valence-electron chi connectivity index (χ0n) is 10.3. The number of ether oxygens (including phenoxy) is 1. The van der Waals surface area contributed by atoms with Gasteiger partial charge in [-0.3, -0.25) is 0 Å². The molecule has 0 heterocycles. The van der Waals surface area contributed by atoms with E-state index in [1.165, 1.54) is 5.56 Å². The SMILES string of the molecule is COc1ccc(CCNc2ccccc2Br)cc1. The molecule has 0 aliphatic carbocycles. The molecule has 1 N–H and O–H groups in total. The minimum Gasteiger partial charge on any atom is -0.497 e. The van der Waals surface area contributed by atoms with Crippen LogP contribution in [-0.2, 0) is 6.42 Å². The normalized spacial score (nSPS) is 10.1. The van der Waals surface area contributed by atoms with E-state index in [0.29, 0.717) is 0 Å². The van der Waals surface area contributed by atoms with E-state index >= 15 is 0 Å². The van der Waals surface area contributed by atoms with Gasteiger partial charge in [-0.1, -0.05) is 24.3 Å². The van der Waals surface area contributed by atoms with Crippen LogP contribution < -0.4 is 10.1 Å². The molecule has 3 heteroatoms. The molecule has 0 aromatic heterocycles. The van der Waals surface area contributed by atoms with Crippen LogP contribution in [0.25, 0.3) is 0 Å². The second-order valence-electron chi connectivity index (χ2n) is 4.00. The van der Waals surface area contributed by atoms with Crippen LogP contribution in [0.15, 0.2) is 53.0 Å². The Balaban J connectivity index is 1.86. The minimum atomic E-state index is 0.900. The Morgan fingerprint density at radius 1 is 1.06 bits per heavy atom. The lowest BCUT2D eigenvalue weighted by Gasteiger charge is -2.08. The van der Waals surface area contributed by atoms with E-state index in [0.717, 1.165) is 28.9 Å². The summed E-state index contributed by atoms with van der Waals surface area (Å²) >= 11 is 3.52. The van der Waals surface area contributed by atoms with E-state index in [4.69, 9.17) is 4.74 Å². The first-order chi connectivity index (χ1) is 8.79. The van der Waals surface area contributed by atoms with Gasteiger partial charge in [-0.25, -0.2) is 0 Å². The summed E-state index contributed by atoms with van der Waals surface area (Å²) in [4.78, 5) is 0. The van der Waals surface area contributed by atoms with Gasteiger partial charge in [-0.2, -0.15) is 0 Å². The van der Waals surface area contributed by atoms with Gasteiger partial charge >= 0.3 is 0 Å². The molecule has 2 aromatic rings. The largest absolute Gasteiger partial charge is 0.497 e. The Kier molecular flexibility index (Phi) is 4.65. The van der Waals surface area contributed by atoms with E-state index in [1.807, 2.05) is 30.3 Å². The summed E-state index contributed by atoms with van der Waals surface area (Å²) < 4.78 is 6.23. The van der Waals surface area contributed by atoms with E-state index in [1.54, 1.807) is 7.11 Å². The molecule has 0 spiro atoms. The van der Waals surface area contributed by atoms with Crippen molar-refractivity contribution in [1.82, 2.24) is 0 Å². The maximum atomic E-state index is 5.14. The van der Waals surface area contributed by atoms with Crippen molar-refractivity contribution < 1.29 is 4.74 Å². The summed E-state index contributed by atoms with van der Waals surface area (Å²) in [6.07, 6.45) is 0.991. The molecule has 0 saturated carbocycles. The molecule has 0 saturated heterocycles. The molecule has 0 aliphatic rings. The van der Waals surface area contributed by atoms with Crippen molar-refractivity contribution in [2.75, 3.05) is 19.0 Å². The Morgan fingerprint density at radius 3 is 2.44 bits per heavy atom. The van der Waals surface area contributed by atoms with Crippen molar-refractivity contribution in [2.45, 2.75) is 6.42 Å². The molecule has 2 rings (SSSR count). The van der Waals surface area contributed by atoms with Gasteiger partial charge < -0.3 is 10.1 Å². The van der Waals surface area contributed by atoms with Gasteiger partial charge in [0.2, 0.25) is 0 Å². The average Bonchev–Trinajstić information content (AvgIpc) is 2.42. The highest BCUT2D eigenvalue weighted by Gasteiger charge is 1.98. The lowest BCUT2D eigenvalue weighted by molar-refractivity contribution is 0.414. The zero-order chi connectivity index (χ0) is 12.8. The van der Waals surface area contributed by atoms with Gasteiger partial charge in [0.25, 0.3) is 0 Å². The molecule has 0 bridgehead atoms. The molecule has 18 heavy (non-hydrogen) atoms. The number of nitrogens with one attached hydrogen (secondary N) is 1. The summed E-state index contributed by atoms with van der Waals surface area (Å²) in [6, 6.07) is 16.3. The molecule has 2 aromatic carbocycles. The maximum Gasteiger partial charge on any atom is 0.118 e. The number of methoxy groups -OCH3 is 1. The van der Waals surface area contributed by atoms with Crippen LogP contribution in [-0.4, -0.2) is 13.7 Å². The molecule has 0 atom stereocenters. The van der Waals surface area contributed by atoms with Crippen LogP contribution in [0, 0.1) is 0 Å². The van der Waals surface area contributed by atoms with Crippen LogP contribution in [0.3, 0.4) is 0 Å². The van der Waals surface area contributed by atoms with Crippen molar-refractivity contribution in [3.05, 3.63) is 58.6 Å². The third-order valence-electron chi connectivity index (χ3n) is 2.76. The van der Waals surface area contributed by atoms with Gasteiger partial charge in [0, 0.05) is 16.7 Å². The third kappa shape index (κ3) is 3.50. The molecule has 94 valence electrons. The fourth-order valence-electron chi connectivity index (χ4n) is 1.74. The van der Waals surface area contributed by atoms with Gasteiger partial charge in [0.15, 0.2) is 0 Å². The fourth-order valence-corrected chi connectivity index (χ4v) is 2.16. The van der Waals surface area contributed by atoms with Crippen molar-refractivity contribution in [2.24, 2.45) is 0 Å². The van der Waals surface area contributed by atoms with Crippen molar-refractivity contribution in [3.8, 4) is 5.75 Å². The maximum absolute atomic E-state index is 5.14. The zero-order valence-corrected chi connectivity index (χ0v) is 11.9. The van der Waals surface area contributed by atoms with Crippen molar-refractivity contribution in [1.29, 1.82) is 0 Å². The number of hydrogen-bond donors (Lipinski definition) is 1. The molecule has 0 unspecified atom stereocenters. The first kappa shape index (κ1) is 13.0. The predicted octanol–water partition coefficient (Wildman–Crippen LogP) is 4.11. The summed E-state index contributed by atoms with van der Waals surface area (Å²) in [5, 5.41) is 3.41. The van der Waals surface area contributed by atoms with Gasteiger partial charge in [-0.15, -0.1) is 0 Å². The Labute approximate surface area is 116 Å². The number of para-hydroxylation sites is 1. The minimum absolute atomic E-state index is 0.900. The predicted molar refractivity (Wildman–Crippen MR) is 79.3 cm³/mol. The topological polar surface area (TPSA) is 21.3 Å². The number of anilines is 1. The summed E-state index contributed by atoms with van der Waals surface area (Å²) in [5.74, 6) is 0.900. The second-order valence-corrected chi connectivity index (χ2v) is 4.86. The molecular weight excluding hydrogens is 290 g/mol. The van der Waals surface area contributed by atoms with Crippen LogP contribution in [0.5, 0.6) is 5.75 Å². The Hall–Kier alpha value is -1.48. The standard InChI is InChI=1S/C15H16BrNO/c1-18-13-8-6-12(7-9-13)10-11-17-15-5-3-2-4-14(15)16/h2-9,17H,10-11H2,1H3. The quantitative estimate of drug-likeness (QED) is 0.897. The van der Waals surface area contributed by atoms with E-state index in [9.17, 15) is 0 Å². The number of halogens is 1. The first-order valence-electron chi connectivity index (χ1n) is 5.91. The van der Waals surface area contributed by atoms with Crippen molar-refractivity contribution in [3.63, 3.8) is 0 Å². The molecule has 0 fully saturated rings. The van der Waals surface area contributed by atoms with E-state index in [-0.39, 0.29) is 0 Å². The van der Waals surface area contributed by atoms with Crippen LogP contribution in [0.4, 0.5) is 5.69 Å². The highest BCUT2D eigenvalue weighted by molar-refractivity contribution is 9.10. The second kappa shape index (κ2) is 6.45. The van der Waals surface area contributed by atoms with E-state index in [2.05, 4.69) is 39.4 Å². The van der Waals surface area contributed by atoms with Gasteiger partial charge in [-0.05, 0) is 52.2 Å². The molecular formula is C15H16BrNO. The lowest BCUT2D eigenvalue weighted by atomic mass is 10.1. The molecule has 2 nitrogen and oxygen atoms in total. The summed E-state index contributed by atoms with van der Waals surface area (Å²) in [7, 11) is 1.68. The van der Waals surface area contributed by atoms with Gasteiger partial charge in [0.05, 0.1) is 7.11 Å². The van der Waals surface area contributed by atoms with Gasteiger partial charge in [0.1, 0.15) is 5.75 Å². The molecule has 0 amide bonds. The van der Waals surface area contributed by atoms with Crippen LogP contribution in [0.2, 0.25) is 0 Å². The highest BCUT2D eigenvalue weighted by atomic mass is 79.9. The monoisotopic (exact) mass is 305 g/mol.